The molecule has 0 saturated carbocycles. The highest BCUT2D eigenvalue weighted by Gasteiger charge is 2.32. The number of likely N-dealkylation sites (tertiary alicyclic amines) is 1. The van der Waals surface area contributed by atoms with Gasteiger partial charge in [-0.3, -0.25) is 24.1 Å². The quantitative estimate of drug-likeness (QED) is 0.729. The second kappa shape index (κ2) is 9.29. The summed E-state index contributed by atoms with van der Waals surface area (Å²) in [5.74, 6) is -0.653. The first-order chi connectivity index (χ1) is 16.1. The van der Waals surface area contributed by atoms with Gasteiger partial charge in [0.15, 0.2) is 0 Å². The van der Waals surface area contributed by atoms with Crippen molar-refractivity contribution in [3.63, 3.8) is 0 Å². The van der Waals surface area contributed by atoms with E-state index in [1.807, 2.05) is 31.7 Å². The SMILES string of the molecule is CC(C)(C)C(=O)N1CCC(C(=O)Nc2ccc(C(=O)N3CC(=O)Nc4ccccc43)cc2)CC1. The molecule has 2 heterocycles. The molecule has 0 unspecified atom stereocenters. The van der Waals surface area contributed by atoms with Gasteiger partial charge in [0.1, 0.15) is 6.54 Å². The van der Waals surface area contributed by atoms with Crippen LogP contribution < -0.4 is 15.5 Å². The Balaban J connectivity index is 1.36. The van der Waals surface area contributed by atoms with Gasteiger partial charge >= 0.3 is 0 Å². The number of fused-ring (bicyclic) bond motifs is 1. The van der Waals surface area contributed by atoms with Crippen LogP contribution in [-0.4, -0.2) is 48.2 Å². The minimum atomic E-state index is -0.422. The highest BCUT2D eigenvalue weighted by atomic mass is 16.2. The third-order valence-electron chi connectivity index (χ3n) is 6.21. The minimum absolute atomic E-state index is 0.0508. The molecule has 0 spiro atoms. The maximum absolute atomic E-state index is 13.1. The second-order valence-corrected chi connectivity index (χ2v) is 9.84. The molecular weight excluding hydrogens is 432 g/mol. The third-order valence-corrected chi connectivity index (χ3v) is 6.21. The number of carbonyl (C=O) groups is 4. The highest BCUT2D eigenvalue weighted by molar-refractivity contribution is 6.15. The maximum atomic E-state index is 13.1. The van der Waals surface area contributed by atoms with Crippen molar-refractivity contribution in [1.82, 2.24) is 4.90 Å². The van der Waals surface area contributed by atoms with E-state index in [1.165, 1.54) is 4.90 Å². The molecule has 1 fully saturated rings. The van der Waals surface area contributed by atoms with Gasteiger partial charge < -0.3 is 15.5 Å². The summed E-state index contributed by atoms with van der Waals surface area (Å²) in [5.41, 5.74) is 1.86. The topological polar surface area (TPSA) is 98.8 Å². The zero-order valence-corrected chi connectivity index (χ0v) is 19.8. The van der Waals surface area contributed by atoms with Crippen LogP contribution in [-0.2, 0) is 14.4 Å². The minimum Gasteiger partial charge on any atom is -0.342 e. The second-order valence-electron chi connectivity index (χ2n) is 9.84. The Hall–Kier alpha value is -3.68. The van der Waals surface area contributed by atoms with Crippen LogP contribution >= 0.6 is 0 Å². The lowest BCUT2D eigenvalue weighted by Gasteiger charge is -2.35. The number of rotatable bonds is 3. The number of anilines is 3. The van der Waals surface area contributed by atoms with Crippen molar-refractivity contribution >= 4 is 40.7 Å². The molecule has 2 aliphatic rings. The average Bonchev–Trinajstić information content (AvgIpc) is 2.82. The Labute approximate surface area is 199 Å². The molecule has 2 N–H and O–H groups in total. The number of hydrogen-bond donors (Lipinski definition) is 2. The van der Waals surface area contributed by atoms with Gasteiger partial charge in [0, 0.05) is 35.7 Å². The first kappa shape index (κ1) is 23.5. The Morgan fingerprint density at radius 3 is 2.26 bits per heavy atom. The zero-order valence-electron chi connectivity index (χ0n) is 19.8. The molecule has 0 aliphatic carbocycles. The smallest absolute Gasteiger partial charge is 0.258 e. The van der Waals surface area contributed by atoms with Gasteiger partial charge in [-0.15, -0.1) is 0 Å². The van der Waals surface area contributed by atoms with Crippen LogP contribution in [0.2, 0.25) is 0 Å². The molecule has 2 aromatic carbocycles. The summed E-state index contributed by atoms with van der Waals surface area (Å²) in [6.45, 7) is 6.81. The van der Waals surface area contributed by atoms with Crippen molar-refractivity contribution in [1.29, 1.82) is 0 Å². The largest absolute Gasteiger partial charge is 0.342 e. The van der Waals surface area contributed by atoms with Crippen LogP contribution in [0.25, 0.3) is 0 Å². The Morgan fingerprint density at radius 2 is 1.62 bits per heavy atom. The van der Waals surface area contributed by atoms with Gasteiger partial charge in [-0.1, -0.05) is 32.9 Å². The van der Waals surface area contributed by atoms with E-state index in [2.05, 4.69) is 10.6 Å². The lowest BCUT2D eigenvalue weighted by molar-refractivity contribution is -0.142. The Morgan fingerprint density at radius 1 is 0.971 bits per heavy atom. The van der Waals surface area contributed by atoms with Gasteiger partial charge in [0.25, 0.3) is 5.91 Å². The van der Waals surface area contributed by atoms with Crippen molar-refractivity contribution in [2.75, 3.05) is 35.2 Å². The van der Waals surface area contributed by atoms with Gasteiger partial charge in [-0.2, -0.15) is 0 Å². The van der Waals surface area contributed by atoms with Crippen LogP contribution in [0.5, 0.6) is 0 Å². The summed E-state index contributed by atoms with van der Waals surface area (Å²) >= 11 is 0. The predicted molar refractivity (Wildman–Crippen MR) is 131 cm³/mol. The van der Waals surface area contributed by atoms with E-state index in [-0.39, 0.29) is 36.1 Å². The molecule has 178 valence electrons. The van der Waals surface area contributed by atoms with Crippen molar-refractivity contribution in [2.24, 2.45) is 11.3 Å². The molecular formula is C26H30N4O4. The highest BCUT2D eigenvalue weighted by Crippen LogP contribution is 2.30. The summed E-state index contributed by atoms with van der Waals surface area (Å²) in [4.78, 5) is 53.6. The summed E-state index contributed by atoms with van der Waals surface area (Å²) in [5, 5.41) is 5.70. The molecule has 4 amide bonds. The number of nitrogens with one attached hydrogen (secondary N) is 2. The fourth-order valence-electron chi connectivity index (χ4n) is 4.33. The van der Waals surface area contributed by atoms with Crippen LogP contribution in [0.3, 0.4) is 0 Å². The van der Waals surface area contributed by atoms with Gasteiger partial charge in [0.05, 0.1) is 11.4 Å². The van der Waals surface area contributed by atoms with Crippen LogP contribution in [0.4, 0.5) is 17.1 Å². The number of benzene rings is 2. The van der Waals surface area contributed by atoms with E-state index < -0.39 is 5.41 Å². The average molecular weight is 463 g/mol. The predicted octanol–water partition coefficient (Wildman–Crippen LogP) is 3.51. The van der Waals surface area contributed by atoms with Gasteiger partial charge in [-0.25, -0.2) is 0 Å². The number of carbonyl (C=O) groups excluding carboxylic acids is 4. The van der Waals surface area contributed by atoms with Crippen molar-refractivity contribution in [2.45, 2.75) is 33.6 Å². The van der Waals surface area contributed by atoms with Crippen molar-refractivity contribution in [3.05, 3.63) is 54.1 Å². The molecule has 2 aliphatic heterocycles. The lowest BCUT2D eigenvalue weighted by Crippen LogP contribution is -2.45. The van der Waals surface area contributed by atoms with E-state index in [0.29, 0.717) is 48.6 Å². The monoisotopic (exact) mass is 462 g/mol. The molecule has 4 rings (SSSR count). The first-order valence-electron chi connectivity index (χ1n) is 11.5. The molecule has 8 nitrogen and oxygen atoms in total. The Kier molecular flexibility index (Phi) is 6.41. The summed E-state index contributed by atoms with van der Waals surface area (Å²) < 4.78 is 0. The lowest BCUT2D eigenvalue weighted by atomic mass is 9.90. The Bertz CT molecular complexity index is 1110. The fourth-order valence-corrected chi connectivity index (χ4v) is 4.33. The standard InChI is InChI=1S/C26H30N4O4/c1-26(2,3)25(34)29-14-12-17(13-15-29)23(32)27-19-10-8-18(9-11-19)24(33)30-16-22(31)28-20-6-4-5-7-21(20)30/h4-11,17H,12-16H2,1-3H3,(H,27,32)(H,28,31). The first-order valence-corrected chi connectivity index (χ1v) is 11.5. The number of piperidine rings is 1. The third kappa shape index (κ3) is 4.95. The molecule has 0 atom stereocenters. The fraction of sp³-hybridized carbons (Fsp3) is 0.385. The van der Waals surface area contributed by atoms with Gasteiger partial charge in [-0.05, 0) is 49.2 Å². The number of hydrogen-bond acceptors (Lipinski definition) is 4. The molecule has 2 aromatic rings. The van der Waals surface area contributed by atoms with Crippen molar-refractivity contribution < 1.29 is 19.2 Å². The molecule has 0 bridgehead atoms. The van der Waals surface area contributed by atoms with E-state index in [9.17, 15) is 19.2 Å². The molecule has 0 aromatic heterocycles. The number of nitrogens with zero attached hydrogens (tertiary/aromatic N) is 2. The normalized spacial score (nSPS) is 16.5. The zero-order chi connectivity index (χ0) is 24.5. The van der Waals surface area contributed by atoms with Crippen molar-refractivity contribution in [3.8, 4) is 0 Å². The summed E-state index contributed by atoms with van der Waals surface area (Å²) in [6.07, 6.45) is 1.25. The molecule has 0 radical (unpaired) electrons. The molecule has 8 heteroatoms. The molecule has 1 saturated heterocycles. The van der Waals surface area contributed by atoms with Crippen LogP contribution in [0.1, 0.15) is 44.0 Å². The van der Waals surface area contributed by atoms with E-state index >= 15 is 0 Å². The summed E-state index contributed by atoms with van der Waals surface area (Å²) in [7, 11) is 0. The van der Waals surface area contributed by atoms with E-state index in [0.717, 1.165) is 0 Å². The van der Waals surface area contributed by atoms with E-state index in [4.69, 9.17) is 0 Å². The molecule has 34 heavy (non-hydrogen) atoms. The van der Waals surface area contributed by atoms with Crippen LogP contribution in [0.15, 0.2) is 48.5 Å². The van der Waals surface area contributed by atoms with E-state index in [1.54, 1.807) is 42.5 Å². The van der Waals surface area contributed by atoms with Crippen LogP contribution in [0, 0.1) is 11.3 Å². The number of amides is 4. The maximum Gasteiger partial charge on any atom is 0.258 e. The van der Waals surface area contributed by atoms with Gasteiger partial charge in [0.2, 0.25) is 17.7 Å². The summed E-state index contributed by atoms with van der Waals surface area (Å²) in [6, 6.07) is 13.9. The number of para-hydroxylation sites is 2.